The Labute approximate surface area is 121 Å². The molecule has 7 heteroatoms. The van der Waals surface area contributed by atoms with Gasteiger partial charge in [0.25, 0.3) is 10.0 Å². The van der Waals surface area contributed by atoms with Crippen LogP contribution in [-0.2, 0) is 10.0 Å². The third-order valence-corrected chi connectivity index (χ3v) is 4.34. The molecule has 2 N–H and O–H groups in total. The summed E-state index contributed by atoms with van der Waals surface area (Å²) in [5.41, 5.74) is 0.203. The number of nitrogens with one attached hydrogen (secondary N) is 2. The van der Waals surface area contributed by atoms with Crippen molar-refractivity contribution in [2.75, 3.05) is 17.1 Å². The Kier molecular flexibility index (Phi) is 4.13. The molecule has 21 heavy (non-hydrogen) atoms. The molecule has 4 nitrogen and oxygen atoms in total. The normalized spacial score (nSPS) is 11.2. The summed E-state index contributed by atoms with van der Waals surface area (Å²) in [4.78, 5) is -0.0817. The molecule has 0 fully saturated rings. The fourth-order valence-electron chi connectivity index (χ4n) is 1.74. The van der Waals surface area contributed by atoms with Gasteiger partial charge in [-0.05, 0) is 42.8 Å². The average molecular weight is 312 g/mol. The fraction of sp³-hybridized carbons (Fsp3) is 0.143. The van der Waals surface area contributed by atoms with Gasteiger partial charge in [-0.15, -0.1) is 0 Å². The van der Waals surface area contributed by atoms with Crippen molar-refractivity contribution in [3.63, 3.8) is 0 Å². The van der Waals surface area contributed by atoms with Crippen molar-refractivity contribution in [1.29, 1.82) is 0 Å². The van der Waals surface area contributed by atoms with Gasteiger partial charge >= 0.3 is 0 Å². The van der Waals surface area contributed by atoms with Crippen LogP contribution in [0.25, 0.3) is 0 Å². The van der Waals surface area contributed by atoms with Crippen molar-refractivity contribution in [1.82, 2.24) is 0 Å². The number of anilines is 2. The molecule has 0 saturated heterocycles. The molecule has 0 atom stereocenters. The summed E-state index contributed by atoms with van der Waals surface area (Å²) in [5, 5.41) is 2.85. The smallest absolute Gasteiger partial charge is 0.262 e. The lowest BCUT2D eigenvalue weighted by Gasteiger charge is -2.11. The predicted octanol–water partition coefficient (Wildman–Crippen LogP) is 3.12. The van der Waals surface area contributed by atoms with Gasteiger partial charge in [-0.25, -0.2) is 17.2 Å². The molecule has 2 aromatic carbocycles. The fourth-order valence-corrected chi connectivity index (χ4v) is 2.81. The molecule has 0 aliphatic rings. The summed E-state index contributed by atoms with van der Waals surface area (Å²) >= 11 is 0. The van der Waals surface area contributed by atoms with Crippen LogP contribution < -0.4 is 10.0 Å². The van der Waals surface area contributed by atoms with E-state index in [1.807, 2.05) is 4.72 Å². The highest BCUT2D eigenvalue weighted by atomic mass is 32.2. The molecule has 0 bridgehead atoms. The van der Waals surface area contributed by atoms with Gasteiger partial charge in [-0.2, -0.15) is 0 Å². The minimum Gasteiger partial charge on any atom is -0.388 e. The Bertz CT molecular complexity index is 759. The van der Waals surface area contributed by atoms with E-state index in [2.05, 4.69) is 5.32 Å². The van der Waals surface area contributed by atoms with E-state index < -0.39 is 27.3 Å². The highest BCUT2D eigenvalue weighted by Gasteiger charge is 2.20. The first kappa shape index (κ1) is 15.2. The first-order valence-electron chi connectivity index (χ1n) is 6.10. The van der Waals surface area contributed by atoms with Gasteiger partial charge in [-0.1, -0.05) is 6.07 Å². The van der Waals surface area contributed by atoms with Gasteiger partial charge < -0.3 is 5.32 Å². The van der Waals surface area contributed by atoms with Crippen molar-refractivity contribution >= 4 is 21.4 Å². The third-order valence-electron chi connectivity index (χ3n) is 2.97. The second-order valence-corrected chi connectivity index (χ2v) is 6.12. The second-order valence-electron chi connectivity index (χ2n) is 4.43. The molecule has 0 saturated carbocycles. The highest BCUT2D eigenvalue weighted by molar-refractivity contribution is 7.92. The summed E-state index contributed by atoms with van der Waals surface area (Å²) in [5.74, 6) is -1.89. The zero-order valence-corrected chi connectivity index (χ0v) is 12.3. The van der Waals surface area contributed by atoms with Gasteiger partial charge in [0.15, 0.2) is 5.82 Å². The molecule has 0 aromatic heterocycles. The topological polar surface area (TPSA) is 58.2 Å². The molecule has 0 unspecified atom stereocenters. The molecule has 0 radical (unpaired) electrons. The number of hydrogen-bond donors (Lipinski definition) is 2. The molecule has 0 aliphatic carbocycles. The summed E-state index contributed by atoms with van der Waals surface area (Å²) in [7, 11) is -2.36. The van der Waals surface area contributed by atoms with E-state index in [4.69, 9.17) is 0 Å². The molecular formula is C14H14F2N2O2S. The molecule has 0 heterocycles. The van der Waals surface area contributed by atoms with Gasteiger partial charge in [0, 0.05) is 12.7 Å². The van der Waals surface area contributed by atoms with Crippen molar-refractivity contribution in [2.24, 2.45) is 0 Å². The van der Waals surface area contributed by atoms with E-state index in [1.165, 1.54) is 25.1 Å². The lowest BCUT2D eigenvalue weighted by Crippen LogP contribution is -2.15. The Morgan fingerprint density at radius 2 is 1.62 bits per heavy atom. The molecule has 0 aliphatic heterocycles. The van der Waals surface area contributed by atoms with Crippen LogP contribution in [0.4, 0.5) is 20.2 Å². The quantitative estimate of drug-likeness (QED) is 0.912. The van der Waals surface area contributed by atoms with E-state index in [0.29, 0.717) is 0 Å². The monoisotopic (exact) mass is 312 g/mol. The van der Waals surface area contributed by atoms with Crippen LogP contribution >= 0.6 is 0 Å². The van der Waals surface area contributed by atoms with Crippen molar-refractivity contribution in [2.45, 2.75) is 11.8 Å². The van der Waals surface area contributed by atoms with Gasteiger partial charge in [0.2, 0.25) is 0 Å². The van der Waals surface area contributed by atoms with Crippen molar-refractivity contribution in [3.05, 3.63) is 53.6 Å². The minimum absolute atomic E-state index is 0.0817. The number of aryl methyl sites for hydroxylation is 1. The minimum atomic E-state index is -4.06. The Balaban J connectivity index is 2.39. The lowest BCUT2D eigenvalue weighted by molar-refractivity contribution is 0.579. The number of hydrogen-bond acceptors (Lipinski definition) is 3. The molecule has 0 spiro atoms. The Morgan fingerprint density at radius 3 is 2.19 bits per heavy atom. The SMILES string of the molecule is CNc1ccc(S(=O)(=O)Nc2c(F)ccc(C)c2F)cc1. The maximum absolute atomic E-state index is 13.9. The number of halogens is 2. The standard InChI is InChI=1S/C14H14F2N2O2S/c1-9-3-8-12(15)14(13(9)16)18-21(19,20)11-6-4-10(17-2)5-7-11/h3-8,17-18H,1-2H3. The van der Waals surface area contributed by atoms with Crippen LogP contribution in [-0.4, -0.2) is 15.5 Å². The average Bonchev–Trinajstić information content (AvgIpc) is 2.48. The molecule has 2 aromatic rings. The second kappa shape index (κ2) is 5.69. The van der Waals surface area contributed by atoms with Crippen LogP contribution in [0.15, 0.2) is 41.3 Å². The van der Waals surface area contributed by atoms with Crippen LogP contribution in [0.1, 0.15) is 5.56 Å². The van der Waals surface area contributed by atoms with Crippen LogP contribution in [0.5, 0.6) is 0 Å². The van der Waals surface area contributed by atoms with E-state index in [-0.39, 0.29) is 10.5 Å². The summed E-state index contributed by atoms with van der Waals surface area (Å²) in [6.45, 7) is 1.42. The molecule has 2 rings (SSSR count). The molecule has 112 valence electrons. The zero-order chi connectivity index (χ0) is 15.6. The van der Waals surface area contributed by atoms with E-state index in [9.17, 15) is 17.2 Å². The van der Waals surface area contributed by atoms with E-state index in [1.54, 1.807) is 19.2 Å². The van der Waals surface area contributed by atoms with Crippen LogP contribution in [0.2, 0.25) is 0 Å². The van der Waals surface area contributed by atoms with Crippen LogP contribution in [0, 0.1) is 18.6 Å². The van der Waals surface area contributed by atoms with Gasteiger partial charge in [0.1, 0.15) is 11.5 Å². The molecular weight excluding hydrogens is 298 g/mol. The van der Waals surface area contributed by atoms with E-state index in [0.717, 1.165) is 11.8 Å². The largest absolute Gasteiger partial charge is 0.388 e. The number of rotatable bonds is 4. The molecule has 0 amide bonds. The van der Waals surface area contributed by atoms with Crippen molar-refractivity contribution < 1.29 is 17.2 Å². The Morgan fingerprint density at radius 1 is 1.00 bits per heavy atom. The highest BCUT2D eigenvalue weighted by Crippen LogP contribution is 2.25. The number of benzene rings is 2. The van der Waals surface area contributed by atoms with Gasteiger partial charge in [-0.3, -0.25) is 4.72 Å². The first-order chi connectivity index (χ1) is 9.85. The van der Waals surface area contributed by atoms with Crippen molar-refractivity contribution in [3.8, 4) is 0 Å². The summed E-state index contributed by atoms with van der Waals surface area (Å²) in [6.07, 6.45) is 0. The predicted molar refractivity (Wildman–Crippen MR) is 77.9 cm³/mol. The first-order valence-corrected chi connectivity index (χ1v) is 7.58. The zero-order valence-electron chi connectivity index (χ0n) is 11.4. The van der Waals surface area contributed by atoms with E-state index >= 15 is 0 Å². The lowest BCUT2D eigenvalue weighted by atomic mass is 10.2. The van der Waals surface area contributed by atoms with Crippen LogP contribution in [0.3, 0.4) is 0 Å². The third kappa shape index (κ3) is 3.13. The Hall–Kier alpha value is -2.15. The maximum atomic E-state index is 13.9. The summed E-state index contributed by atoms with van der Waals surface area (Å²) in [6, 6.07) is 8.05. The van der Waals surface area contributed by atoms with Gasteiger partial charge in [0.05, 0.1) is 4.90 Å². The number of sulfonamides is 1. The summed E-state index contributed by atoms with van der Waals surface area (Å²) < 4.78 is 53.7. The maximum Gasteiger partial charge on any atom is 0.262 e.